The lowest BCUT2D eigenvalue weighted by Gasteiger charge is -2.33. The van der Waals surface area contributed by atoms with Gasteiger partial charge in [0.25, 0.3) is 0 Å². The molecule has 0 radical (unpaired) electrons. The van der Waals surface area contributed by atoms with Crippen LogP contribution < -0.4 is 4.90 Å². The minimum absolute atomic E-state index is 0.850. The summed E-state index contributed by atoms with van der Waals surface area (Å²) in [7, 11) is -1.23. The van der Waals surface area contributed by atoms with Crippen molar-refractivity contribution >= 4 is 14.0 Å². The highest BCUT2D eigenvalue weighted by molar-refractivity contribution is 6.83. The molecule has 0 N–H and O–H groups in total. The standard InChI is InChI=1S/C15H24N4Si/c1-14-12-16-15(17-13-14)19-9-7-18(8-10-19)6-5-11-20(2,3)4/h12-13H,6-10H2,1-4H3. The van der Waals surface area contributed by atoms with Gasteiger partial charge in [-0.2, -0.15) is 0 Å². The van der Waals surface area contributed by atoms with Gasteiger partial charge in [0.05, 0.1) is 6.54 Å². The number of rotatable bonds is 2. The number of hydrogen-bond acceptors (Lipinski definition) is 4. The molecular formula is C15H24N4Si. The second kappa shape index (κ2) is 6.38. The topological polar surface area (TPSA) is 32.3 Å². The van der Waals surface area contributed by atoms with Crippen LogP contribution in [0.2, 0.25) is 19.6 Å². The maximum Gasteiger partial charge on any atom is 0.225 e. The predicted octanol–water partition coefficient (Wildman–Crippen LogP) is 1.79. The van der Waals surface area contributed by atoms with E-state index in [2.05, 4.69) is 50.9 Å². The summed E-state index contributed by atoms with van der Waals surface area (Å²) in [6.45, 7) is 13.8. The van der Waals surface area contributed by atoms with Crippen molar-refractivity contribution < 1.29 is 0 Å². The van der Waals surface area contributed by atoms with E-state index in [0.717, 1.165) is 44.2 Å². The first-order valence-corrected chi connectivity index (χ1v) is 10.7. The fourth-order valence-electron chi connectivity index (χ4n) is 2.07. The Balaban J connectivity index is 1.83. The molecule has 20 heavy (non-hydrogen) atoms. The number of hydrogen-bond donors (Lipinski definition) is 0. The smallest absolute Gasteiger partial charge is 0.225 e. The van der Waals surface area contributed by atoms with Gasteiger partial charge in [0, 0.05) is 38.6 Å². The Morgan fingerprint density at radius 2 is 1.70 bits per heavy atom. The second-order valence-corrected chi connectivity index (χ2v) is 11.1. The van der Waals surface area contributed by atoms with Crippen LogP contribution >= 0.6 is 0 Å². The third-order valence-corrected chi connectivity index (χ3v) is 4.12. The van der Waals surface area contributed by atoms with Gasteiger partial charge in [-0.1, -0.05) is 25.6 Å². The van der Waals surface area contributed by atoms with E-state index in [-0.39, 0.29) is 0 Å². The van der Waals surface area contributed by atoms with Gasteiger partial charge < -0.3 is 4.90 Å². The lowest BCUT2D eigenvalue weighted by Crippen LogP contribution is -2.47. The fraction of sp³-hybridized carbons (Fsp3) is 0.600. The summed E-state index contributed by atoms with van der Waals surface area (Å²) in [5.41, 5.74) is 4.53. The minimum atomic E-state index is -1.23. The van der Waals surface area contributed by atoms with E-state index in [9.17, 15) is 0 Å². The van der Waals surface area contributed by atoms with Crippen molar-refractivity contribution in [2.75, 3.05) is 37.6 Å². The molecule has 1 aromatic rings. The molecule has 5 heteroatoms. The molecule has 0 bridgehead atoms. The Labute approximate surface area is 123 Å². The van der Waals surface area contributed by atoms with E-state index in [4.69, 9.17) is 0 Å². The first-order valence-electron chi connectivity index (χ1n) is 7.20. The van der Waals surface area contributed by atoms with Crippen LogP contribution in [0.15, 0.2) is 12.4 Å². The maximum absolute atomic E-state index is 4.40. The van der Waals surface area contributed by atoms with Gasteiger partial charge in [0.2, 0.25) is 5.95 Å². The van der Waals surface area contributed by atoms with Crippen molar-refractivity contribution in [1.29, 1.82) is 0 Å². The molecule has 0 saturated carbocycles. The van der Waals surface area contributed by atoms with E-state index >= 15 is 0 Å². The van der Waals surface area contributed by atoms with Gasteiger partial charge in [-0.15, -0.1) is 5.54 Å². The summed E-state index contributed by atoms with van der Waals surface area (Å²) in [6, 6.07) is 0. The van der Waals surface area contributed by atoms with Crippen LogP contribution in [0, 0.1) is 18.4 Å². The number of aryl methyl sites for hydroxylation is 1. The molecule has 0 amide bonds. The molecule has 108 valence electrons. The average molecular weight is 288 g/mol. The number of anilines is 1. The Morgan fingerprint density at radius 3 is 2.25 bits per heavy atom. The van der Waals surface area contributed by atoms with Crippen molar-refractivity contribution in [3.8, 4) is 11.5 Å². The maximum atomic E-state index is 4.40. The molecule has 0 atom stereocenters. The summed E-state index contributed by atoms with van der Waals surface area (Å²) in [6.07, 6.45) is 3.77. The molecule has 0 unspecified atom stereocenters. The highest BCUT2D eigenvalue weighted by Gasteiger charge is 2.18. The van der Waals surface area contributed by atoms with Crippen molar-refractivity contribution in [3.63, 3.8) is 0 Å². The van der Waals surface area contributed by atoms with Crippen LogP contribution in [0.1, 0.15) is 5.56 Å². The van der Waals surface area contributed by atoms with Crippen LogP contribution in [0.5, 0.6) is 0 Å². The van der Waals surface area contributed by atoms with Crippen LogP contribution in [0.4, 0.5) is 5.95 Å². The van der Waals surface area contributed by atoms with Crippen molar-refractivity contribution in [2.45, 2.75) is 26.6 Å². The van der Waals surface area contributed by atoms with Gasteiger partial charge in [-0.3, -0.25) is 4.90 Å². The third kappa shape index (κ3) is 4.62. The molecule has 0 aromatic carbocycles. The summed E-state index contributed by atoms with van der Waals surface area (Å²) >= 11 is 0. The quantitative estimate of drug-likeness (QED) is 0.613. The van der Waals surface area contributed by atoms with Crippen LogP contribution in [-0.4, -0.2) is 55.7 Å². The Morgan fingerprint density at radius 1 is 1.10 bits per heavy atom. The fourth-order valence-corrected chi connectivity index (χ4v) is 2.68. The van der Waals surface area contributed by atoms with E-state index in [1.54, 1.807) is 0 Å². The normalized spacial score (nSPS) is 16.7. The largest absolute Gasteiger partial charge is 0.338 e. The molecule has 1 aliphatic heterocycles. The second-order valence-electron chi connectivity index (χ2n) is 6.38. The molecule has 0 spiro atoms. The van der Waals surface area contributed by atoms with E-state index in [0.29, 0.717) is 0 Å². The third-order valence-electron chi connectivity index (χ3n) is 3.19. The molecule has 1 saturated heterocycles. The number of aromatic nitrogens is 2. The summed E-state index contributed by atoms with van der Waals surface area (Å²) in [5.74, 6) is 4.20. The molecule has 1 aromatic heterocycles. The molecular weight excluding hydrogens is 264 g/mol. The molecule has 0 aliphatic carbocycles. The molecule has 4 nitrogen and oxygen atoms in total. The molecule has 2 heterocycles. The predicted molar refractivity (Wildman–Crippen MR) is 86.5 cm³/mol. The summed E-state index contributed by atoms with van der Waals surface area (Å²) in [4.78, 5) is 13.5. The van der Waals surface area contributed by atoms with Gasteiger partial charge >= 0.3 is 0 Å². The van der Waals surface area contributed by atoms with Gasteiger partial charge in [0.15, 0.2) is 0 Å². The lowest BCUT2D eigenvalue weighted by atomic mass is 10.3. The Bertz CT molecular complexity index is 487. The number of piperazine rings is 1. The monoisotopic (exact) mass is 288 g/mol. The van der Waals surface area contributed by atoms with Crippen molar-refractivity contribution in [1.82, 2.24) is 14.9 Å². The summed E-state index contributed by atoms with van der Waals surface area (Å²) < 4.78 is 0. The number of nitrogens with zero attached hydrogens (tertiary/aromatic N) is 4. The molecule has 1 fully saturated rings. The van der Waals surface area contributed by atoms with Gasteiger partial charge in [-0.05, 0) is 12.5 Å². The van der Waals surface area contributed by atoms with E-state index in [1.807, 2.05) is 19.3 Å². The first kappa shape index (κ1) is 15.0. The lowest BCUT2D eigenvalue weighted by molar-refractivity contribution is 0.286. The zero-order valence-corrected chi connectivity index (χ0v) is 14.0. The van der Waals surface area contributed by atoms with Crippen LogP contribution in [0.3, 0.4) is 0 Å². The highest BCUT2D eigenvalue weighted by atomic mass is 28.3. The van der Waals surface area contributed by atoms with Crippen LogP contribution in [0.25, 0.3) is 0 Å². The van der Waals surface area contributed by atoms with Gasteiger partial charge in [0.1, 0.15) is 8.07 Å². The average Bonchev–Trinajstić information content (AvgIpc) is 2.39. The summed E-state index contributed by atoms with van der Waals surface area (Å²) in [5, 5.41) is 0. The van der Waals surface area contributed by atoms with Crippen LogP contribution in [-0.2, 0) is 0 Å². The highest BCUT2D eigenvalue weighted by Crippen LogP contribution is 2.10. The zero-order chi connectivity index (χ0) is 14.6. The Kier molecular flexibility index (Phi) is 4.79. The minimum Gasteiger partial charge on any atom is -0.338 e. The van der Waals surface area contributed by atoms with Gasteiger partial charge in [-0.25, -0.2) is 9.97 Å². The Hall–Kier alpha value is -1.38. The molecule has 2 rings (SSSR count). The zero-order valence-electron chi connectivity index (χ0n) is 13.0. The van der Waals surface area contributed by atoms with E-state index in [1.165, 1.54) is 0 Å². The van der Waals surface area contributed by atoms with Crippen molar-refractivity contribution in [2.24, 2.45) is 0 Å². The van der Waals surface area contributed by atoms with E-state index < -0.39 is 8.07 Å². The van der Waals surface area contributed by atoms with Crippen molar-refractivity contribution in [3.05, 3.63) is 18.0 Å². The molecule has 1 aliphatic rings. The SMILES string of the molecule is Cc1cnc(N2CCN(CC#C[Si](C)(C)C)CC2)nc1. The first-order chi connectivity index (χ1) is 9.44.